The molecule has 0 unspecified atom stereocenters. The molecule has 0 amide bonds. The SMILES string of the molecule is Cc1nc(N(C)Cc2ccncc2)sc1CO. The average molecular weight is 249 g/mol. The first-order chi connectivity index (χ1) is 8.20. The zero-order chi connectivity index (χ0) is 12.3. The van der Waals surface area contributed by atoms with Crippen molar-refractivity contribution >= 4 is 16.5 Å². The van der Waals surface area contributed by atoms with Crippen molar-refractivity contribution in [1.82, 2.24) is 9.97 Å². The van der Waals surface area contributed by atoms with Crippen LogP contribution in [0.1, 0.15) is 16.1 Å². The highest BCUT2D eigenvalue weighted by atomic mass is 32.1. The highest BCUT2D eigenvalue weighted by Crippen LogP contribution is 2.26. The molecule has 0 aliphatic carbocycles. The minimum Gasteiger partial charge on any atom is -0.391 e. The topological polar surface area (TPSA) is 49.2 Å². The van der Waals surface area contributed by atoms with Crippen LogP contribution in [0.2, 0.25) is 0 Å². The second-order valence-corrected chi connectivity index (χ2v) is 4.94. The average Bonchev–Trinajstić information content (AvgIpc) is 2.72. The summed E-state index contributed by atoms with van der Waals surface area (Å²) in [6.07, 6.45) is 3.57. The molecule has 0 radical (unpaired) electrons. The molecule has 0 fully saturated rings. The van der Waals surface area contributed by atoms with E-state index in [4.69, 9.17) is 5.11 Å². The lowest BCUT2D eigenvalue weighted by molar-refractivity contribution is 0.284. The molecule has 0 atom stereocenters. The molecule has 0 bridgehead atoms. The van der Waals surface area contributed by atoms with E-state index in [1.54, 1.807) is 12.4 Å². The molecule has 0 spiro atoms. The van der Waals surface area contributed by atoms with Gasteiger partial charge in [-0.15, -0.1) is 0 Å². The molecule has 17 heavy (non-hydrogen) atoms. The van der Waals surface area contributed by atoms with E-state index in [0.717, 1.165) is 22.2 Å². The van der Waals surface area contributed by atoms with Crippen molar-refractivity contribution < 1.29 is 5.11 Å². The zero-order valence-electron chi connectivity index (χ0n) is 9.92. The van der Waals surface area contributed by atoms with Crippen LogP contribution >= 0.6 is 11.3 Å². The van der Waals surface area contributed by atoms with Crippen LogP contribution in [-0.2, 0) is 13.2 Å². The van der Waals surface area contributed by atoms with Gasteiger partial charge in [-0.05, 0) is 24.6 Å². The van der Waals surface area contributed by atoms with Crippen LogP contribution in [-0.4, -0.2) is 22.1 Å². The molecule has 4 nitrogen and oxygen atoms in total. The Bertz CT molecular complexity index is 484. The summed E-state index contributed by atoms with van der Waals surface area (Å²) >= 11 is 1.54. The van der Waals surface area contributed by atoms with Gasteiger partial charge in [-0.25, -0.2) is 4.98 Å². The number of anilines is 1. The Morgan fingerprint density at radius 2 is 2.06 bits per heavy atom. The van der Waals surface area contributed by atoms with Gasteiger partial charge in [-0.2, -0.15) is 0 Å². The van der Waals surface area contributed by atoms with Crippen molar-refractivity contribution in [3.05, 3.63) is 40.7 Å². The summed E-state index contributed by atoms with van der Waals surface area (Å²) < 4.78 is 0. The van der Waals surface area contributed by atoms with Crippen LogP contribution in [0, 0.1) is 6.92 Å². The summed E-state index contributed by atoms with van der Waals surface area (Å²) in [7, 11) is 2.00. The van der Waals surface area contributed by atoms with Gasteiger partial charge < -0.3 is 10.0 Å². The van der Waals surface area contributed by atoms with Gasteiger partial charge in [0.15, 0.2) is 5.13 Å². The first kappa shape index (κ1) is 12.0. The highest BCUT2D eigenvalue weighted by Gasteiger charge is 2.10. The number of aromatic nitrogens is 2. The normalized spacial score (nSPS) is 10.5. The second kappa shape index (κ2) is 5.25. The van der Waals surface area contributed by atoms with Gasteiger partial charge in [0.2, 0.25) is 0 Å². The Balaban J connectivity index is 2.12. The second-order valence-electron chi connectivity index (χ2n) is 3.87. The molecular weight excluding hydrogens is 234 g/mol. The van der Waals surface area contributed by atoms with Gasteiger partial charge >= 0.3 is 0 Å². The number of rotatable bonds is 4. The minimum absolute atomic E-state index is 0.0621. The van der Waals surface area contributed by atoms with Crippen LogP contribution in [0.15, 0.2) is 24.5 Å². The standard InChI is InChI=1S/C12H15N3OS/c1-9-11(8-16)17-12(14-9)15(2)7-10-3-5-13-6-4-10/h3-6,16H,7-8H2,1-2H3. The van der Waals surface area contributed by atoms with Gasteiger partial charge in [-0.1, -0.05) is 11.3 Å². The number of hydrogen-bond acceptors (Lipinski definition) is 5. The van der Waals surface area contributed by atoms with Gasteiger partial charge in [0, 0.05) is 26.0 Å². The van der Waals surface area contributed by atoms with Gasteiger partial charge in [0.25, 0.3) is 0 Å². The van der Waals surface area contributed by atoms with E-state index in [0.29, 0.717) is 0 Å². The summed E-state index contributed by atoms with van der Waals surface area (Å²) in [6, 6.07) is 3.98. The van der Waals surface area contributed by atoms with Crippen molar-refractivity contribution in [3.63, 3.8) is 0 Å². The van der Waals surface area contributed by atoms with Crippen LogP contribution in [0.3, 0.4) is 0 Å². The molecule has 1 N–H and O–H groups in total. The summed E-state index contributed by atoms with van der Waals surface area (Å²) in [4.78, 5) is 11.4. The van der Waals surface area contributed by atoms with Crippen LogP contribution in [0.5, 0.6) is 0 Å². The van der Waals surface area contributed by atoms with E-state index in [9.17, 15) is 0 Å². The number of aliphatic hydroxyl groups is 1. The molecular formula is C12H15N3OS. The molecule has 0 aliphatic rings. The molecule has 0 aliphatic heterocycles. The molecule has 0 saturated heterocycles. The molecule has 2 rings (SSSR count). The van der Waals surface area contributed by atoms with Crippen molar-refractivity contribution in [1.29, 1.82) is 0 Å². The summed E-state index contributed by atoms with van der Waals surface area (Å²) in [5, 5.41) is 10.1. The van der Waals surface area contributed by atoms with Crippen molar-refractivity contribution in [2.24, 2.45) is 0 Å². The van der Waals surface area contributed by atoms with E-state index < -0.39 is 0 Å². The van der Waals surface area contributed by atoms with E-state index in [-0.39, 0.29) is 6.61 Å². The largest absolute Gasteiger partial charge is 0.391 e. The van der Waals surface area contributed by atoms with Crippen LogP contribution in [0.25, 0.3) is 0 Å². The maximum Gasteiger partial charge on any atom is 0.185 e. The monoisotopic (exact) mass is 249 g/mol. The Hall–Kier alpha value is -1.46. The molecule has 5 heteroatoms. The molecule has 2 heterocycles. The maximum atomic E-state index is 9.15. The maximum absolute atomic E-state index is 9.15. The first-order valence-electron chi connectivity index (χ1n) is 5.38. The fraction of sp³-hybridized carbons (Fsp3) is 0.333. The lowest BCUT2D eigenvalue weighted by Crippen LogP contribution is -2.15. The third kappa shape index (κ3) is 2.81. The number of pyridine rings is 1. The van der Waals surface area contributed by atoms with Gasteiger partial charge in [-0.3, -0.25) is 4.98 Å². The Morgan fingerprint density at radius 3 is 2.65 bits per heavy atom. The minimum atomic E-state index is 0.0621. The molecule has 0 saturated carbocycles. The van der Waals surface area contributed by atoms with Gasteiger partial charge in [0.1, 0.15) is 0 Å². The predicted octanol–water partition coefficient (Wildman–Crippen LogP) is 1.98. The molecule has 0 aromatic carbocycles. The van der Waals surface area contributed by atoms with Crippen LogP contribution in [0.4, 0.5) is 5.13 Å². The lowest BCUT2D eigenvalue weighted by Gasteiger charge is -2.15. The quantitative estimate of drug-likeness (QED) is 0.900. The summed E-state index contributed by atoms with van der Waals surface area (Å²) in [5.74, 6) is 0. The molecule has 90 valence electrons. The van der Waals surface area contributed by atoms with E-state index in [2.05, 4.69) is 14.9 Å². The highest BCUT2D eigenvalue weighted by molar-refractivity contribution is 7.15. The predicted molar refractivity (Wildman–Crippen MR) is 69.1 cm³/mol. The van der Waals surface area contributed by atoms with Crippen molar-refractivity contribution in [2.75, 3.05) is 11.9 Å². The summed E-state index contributed by atoms with van der Waals surface area (Å²) in [5.41, 5.74) is 2.11. The number of hydrogen-bond donors (Lipinski definition) is 1. The third-order valence-electron chi connectivity index (χ3n) is 2.52. The zero-order valence-corrected chi connectivity index (χ0v) is 10.7. The fourth-order valence-electron chi connectivity index (χ4n) is 1.55. The Morgan fingerprint density at radius 1 is 1.35 bits per heavy atom. The summed E-state index contributed by atoms with van der Waals surface area (Å²) in [6.45, 7) is 2.78. The van der Waals surface area contributed by atoms with Crippen LogP contribution < -0.4 is 4.90 Å². The number of thiazole rings is 1. The van der Waals surface area contributed by atoms with E-state index in [1.165, 1.54) is 16.9 Å². The van der Waals surface area contributed by atoms with Crippen molar-refractivity contribution in [2.45, 2.75) is 20.1 Å². The van der Waals surface area contributed by atoms with Gasteiger partial charge in [0.05, 0.1) is 17.2 Å². The molecule has 2 aromatic rings. The lowest BCUT2D eigenvalue weighted by atomic mass is 10.2. The molecule has 2 aromatic heterocycles. The number of nitrogens with zero attached hydrogens (tertiary/aromatic N) is 3. The fourth-order valence-corrected chi connectivity index (χ4v) is 2.43. The smallest absolute Gasteiger partial charge is 0.185 e. The van der Waals surface area contributed by atoms with E-state index in [1.807, 2.05) is 26.1 Å². The number of aliphatic hydroxyl groups excluding tert-OH is 1. The number of aryl methyl sites for hydroxylation is 1. The Labute approximate surface area is 105 Å². The van der Waals surface area contributed by atoms with E-state index >= 15 is 0 Å². The third-order valence-corrected chi connectivity index (χ3v) is 3.78. The Kier molecular flexibility index (Phi) is 3.71. The first-order valence-corrected chi connectivity index (χ1v) is 6.19. The van der Waals surface area contributed by atoms with Crippen molar-refractivity contribution in [3.8, 4) is 0 Å².